The van der Waals surface area contributed by atoms with Crippen molar-refractivity contribution in [3.8, 4) is 5.75 Å². The zero-order valence-corrected chi connectivity index (χ0v) is 10.6. The Balaban J connectivity index is 2.82. The minimum Gasteiger partial charge on any atom is -0.492 e. The maximum Gasteiger partial charge on any atom is 0.339 e. The highest BCUT2D eigenvalue weighted by molar-refractivity contribution is 7.90. The highest BCUT2D eigenvalue weighted by Gasteiger charge is 2.12. The zero-order valence-electron chi connectivity index (χ0n) is 9.01. The van der Waals surface area contributed by atoms with Crippen molar-refractivity contribution in [3.63, 3.8) is 0 Å². The van der Waals surface area contributed by atoms with Crippen LogP contribution < -0.4 is 4.74 Å². The van der Waals surface area contributed by atoms with E-state index in [0.29, 0.717) is 5.02 Å². The predicted octanol–water partition coefficient (Wildman–Crippen LogP) is 1.46. The van der Waals surface area contributed by atoms with E-state index >= 15 is 0 Å². The Labute approximate surface area is 104 Å². The third-order valence-corrected chi connectivity index (χ3v) is 3.03. The molecule has 0 heterocycles. The lowest BCUT2D eigenvalue weighted by Crippen LogP contribution is -2.13. The molecule has 17 heavy (non-hydrogen) atoms. The van der Waals surface area contributed by atoms with Crippen LogP contribution in [0.2, 0.25) is 5.02 Å². The number of sulfone groups is 1. The maximum atomic E-state index is 10.9. The Morgan fingerprint density at radius 1 is 1.47 bits per heavy atom. The summed E-state index contributed by atoms with van der Waals surface area (Å²) in [6.07, 6.45) is 1.08. The van der Waals surface area contributed by atoms with Gasteiger partial charge in [-0.1, -0.05) is 11.6 Å². The minimum atomic E-state index is -3.14. The van der Waals surface area contributed by atoms with Gasteiger partial charge in [-0.3, -0.25) is 0 Å². The molecule has 1 N–H and O–H groups in total. The molecule has 0 radical (unpaired) electrons. The van der Waals surface area contributed by atoms with Gasteiger partial charge in [0.15, 0.2) is 9.84 Å². The van der Waals surface area contributed by atoms with Gasteiger partial charge in [0.2, 0.25) is 0 Å². The Morgan fingerprint density at radius 3 is 2.65 bits per heavy atom. The predicted molar refractivity (Wildman–Crippen MR) is 63.6 cm³/mol. The second-order valence-electron chi connectivity index (χ2n) is 3.42. The van der Waals surface area contributed by atoms with Crippen molar-refractivity contribution in [2.45, 2.75) is 0 Å². The van der Waals surface area contributed by atoms with E-state index in [1.54, 1.807) is 0 Å². The van der Waals surface area contributed by atoms with Gasteiger partial charge in [-0.15, -0.1) is 0 Å². The fraction of sp³-hybridized carbons (Fsp3) is 0.300. The molecule has 94 valence electrons. The van der Waals surface area contributed by atoms with Crippen molar-refractivity contribution in [1.29, 1.82) is 0 Å². The second kappa shape index (κ2) is 5.37. The molecule has 1 rings (SSSR count). The van der Waals surface area contributed by atoms with E-state index in [9.17, 15) is 13.2 Å². The maximum absolute atomic E-state index is 10.9. The van der Waals surface area contributed by atoms with Crippen molar-refractivity contribution >= 4 is 27.4 Å². The van der Waals surface area contributed by atoms with Gasteiger partial charge in [0.05, 0.1) is 5.75 Å². The van der Waals surface area contributed by atoms with E-state index in [1.807, 2.05) is 0 Å². The molecule has 0 unspecified atom stereocenters. The van der Waals surface area contributed by atoms with E-state index < -0.39 is 15.8 Å². The van der Waals surface area contributed by atoms with Crippen LogP contribution in [0.25, 0.3) is 0 Å². The summed E-state index contributed by atoms with van der Waals surface area (Å²) >= 11 is 5.70. The van der Waals surface area contributed by atoms with Crippen LogP contribution in [0.4, 0.5) is 0 Å². The molecular formula is C10H11ClO5S. The first-order valence-corrected chi connectivity index (χ1v) is 7.07. The van der Waals surface area contributed by atoms with Crippen molar-refractivity contribution in [2.75, 3.05) is 18.6 Å². The number of halogens is 1. The van der Waals surface area contributed by atoms with Crippen LogP contribution in [0, 0.1) is 0 Å². The standard InChI is InChI=1S/C10H11ClO5S/c1-17(14,15)5-4-16-9-6-7(11)2-3-8(9)10(12)13/h2-3,6H,4-5H2,1H3,(H,12,13). The number of ether oxygens (including phenoxy) is 1. The average molecular weight is 279 g/mol. The number of carboxylic acid groups (broad SMARTS) is 1. The Hall–Kier alpha value is -1.27. The summed E-state index contributed by atoms with van der Waals surface area (Å²) in [5.74, 6) is -1.27. The fourth-order valence-corrected chi connectivity index (χ4v) is 1.64. The fourth-order valence-electron chi connectivity index (χ4n) is 1.10. The number of hydrogen-bond acceptors (Lipinski definition) is 4. The summed E-state index contributed by atoms with van der Waals surface area (Å²) in [6, 6.07) is 4.07. The van der Waals surface area contributed by atoms with Crippen LogP contribution in [-0.4, -0.2) is 38.1 Å². The van der Waals surface area contributed by atoms with Crippen LogP contribution in [0.1, 0.15) is 10.4 Å². The molecule has 0 amide bonds. The van der Waals surface area contributed by atoms with Crippen LogP contribution in [-0.2, 0) is 9.84 Å². The van der Waals surface area contributed by atoms with Gasteiger partial charge < -0.3 is 9.84 Å². The molecule has 0 atom stereocenters. The lowest BCUT2D eigenvalue weighted by Gasteiger charge is -2.08. The van der Waals surface area contributed by atoms with Gasteiger partial charge in [0, 0.05) is 11.3 Å². The molecule has 7 heteroatoms. The number of benzene rings is 1. The van der Waals surface area contributed by atoms with Crippen LogP contribution in [0.3, 0.4) is 0 Å². The third kappa shape index (κ3) is 4.62. The molecule has 0 aliphatic rings. The van der Waals surface area contributed by atoms with E-state index in [2.05, 4.69) is 0 Å². The molecule has 0 aliphatic heterocycles. The van der Waals surface area contributed by atoms with Crippen LogP contribution >= 0.6 is 11.6 Å². The molecule has 0 aliphatic carbocycles. The van der Waals surface area contributed by atoms with Crippen molar-refractivity contribution in [3.05, 3.63) is 28.8 Å². The number of hydrogen-bond donors (Lipinski definition) is 1. The van der Waals surface area contributed by atoms with Crippen molar-refractivity contribution < 1.29 is 23.1 Å². The zero-order chi connectivity index (χ0) is 13.1. The molecular weight excluding hydrogens is 268 g/mol. The van der Waals surface area contributed by atoms with Gasteiger partial charge in [-0.2, -0.15) is 0 Å². The lowest BCUT2D eigenvalue weighted by molar-refractivity contribution is 0.0692. The quantitative estimate of drug-likeness (QED) is 0.882. The normalized spacial score (nSPS) is 11.2. The van der Waals surface area contributed by atoms with Crippen LogP contribution in [0.5, 0.6) is 5.75 Å². The molecule has 5 nitrogen and oxygen atoms in total. The van der Waals surface area contributed by atoms with Crippen LogP contribution in [0.15, 0.2) is 18.2 Å². The first-order chi connectivity index (χ1) is 7.79. The van der Waals surface area contributed by atoms with Gasteiger partial charge >= 0.3 is 5.97 Å². The molecule has 0 saturated carbocycles. The molecule has 0 aromatic heterocycles. The molecule has 0 bridgehead atoms. The highest BCUT2D eigenvalue weighted by Crippen LogP contribution is 2.23. The van der Waals surface area contributed by atoms with Gasteiger partial charge in [-0.25, -0.2) is 13.2 Å². The van der Waals surface area contributed by atoms with Gasteiger partial charge in [0.25, 0.3) is 0 Å². The number of rotatable bonds is 5. The number of carboxylic acids is 1. The topological polar surface area (TPSA) is 80.7 Å². The summed E-state index contributed by atoms with van der Waals surface area (Å²) < 4.78 is 26.9. The monoisotopic (exact) mass is 278 g/mol. The molecule has 0 fully saturated rings. The smallest absolute Gasteiger partial charge is 0.339 e. The largest absolute Gasteiger partial charge is 0.492 e. The Morgan fingerprint density at radius 2 is 2.12 bits per heavy atom. The Bertz CT molecular complexity index is 523. The lowest BCUT2D eigenvalue weighted by atomic mass is 10.2. The van der Waals surface area contributed by atoms with E-state index in [1.165, 1.54) is 18.2 Å². The first kappa shape index (κ1) is 13.8. The highest BCUT2D eigenvalue weighted by atomic mass is 35.5. The van der Waals surface area contributed by atoms with E-state index in [0.717, 1.165) is 6.26 Å². The number of carbonyl (C=O) groups is 1. The van der Waals surface area contributed by atoms with Gasteiger partial charge in [0.1, 0.15) is 17.9 Å². The van der Waals surface area contributed by atoms with Crippen molar-refractivity contribution in [1.82, 2.24) is 0 Å². The SMILES string of the molecule is CS(=O)(=O)CCOc1cc(Cl)ccc1C(=O)O. The summed E-state index contributed by atoms with van der Waals surface area (Å²) in [5, 5.41) is 9.20. The average Bonchev–Trinajstić information content (AvgIpc) is 2.15. The Kier molecular flexibility index (Phi) is 4.36. The summed E-state index contributed by atoms with van der Waals surface area (Å²) in [6.45, 7) is -0.112. The molecule has 1 aromatic rings. The van der Waals surface area contributed by atoms with E-state index in [-0.39, 0.29) is 23.7 Å². The minimum absolute atomic E-state index is 0.0529. The summed E-state index contributed by atoms with van der Waals surface area (Å²) in [7, 11) is -3.14. The summed E-state index contributed by atoms with van der Waals surface area (Å²) in [5.41, 5.74) is -0.0529. The number of aromatic carboxylic acids is 1. The van der Waals surface area contributed by atoms with E-state index in [4.69, 9.17) is 21.4 Å². The summed E-state index contributed by atoms with van der Waals surface area (Å²) in [4.78, 5) is 10.9. The second-order valence-corrected chi connectivity index (χ2v) is 6.12. The van der Waals surface area contributed by atoms with Crippen molar-refractivity contribution in [2.24, 2.45) is 0 Å². The molecule has 0 saturated heterocycles. The molecule has 0 spiro atoms. The third-order valence-electron chi connectivity index (χ3n) is 1.89. The van der Waals surface area contributed by atoms with Gasteiger partial charge in [-0.05, 0) is 18.2 Å². The molecule has 1 aromatic carbocycles. The first-order valence-electron chi connectivity index (χ1n) is 4.63.